The third kappa shape index (κ3) is 2.10. The van der Waals surface area contributed by atoms with Crippen molar-refractivity contribution in [2.24, 2.45) is 0 Å². The van der Waals surface area contributed by atoms with Gasteiger partial charge in [-0.2, -0.15) is 0 Å². The van der Waals surface area contributed by atoms with E-state index in [1.165, 1.54) is 18.2 Å². The van der Waals surface area contributed by atoms with Crippen LogP contribution in [0.3, 0.4) is 0 Å². The second kappa shape index (κ2) is 4.35. The molecular formula is C16H16N2O. The fraction of sp³-hybridized carbons (Fsp3) is 0.312. The van der Waals surface area contributed by atoms with Gasteiger partial charge < -0.3 is 9.73 Å². The van der Waals surface area contributed by atoms with Crippen molar-refractivity contribution in [2.45, 2.75) is 25.3 Å². The lowest BCUT2D eigenvalue weighted by Gasteiger charge is -1.98. The van der Waals surface area contributed by atoms with E-state index >= 15 is 0 Å². The van der Waals surface area contributed by atoms with Crippen molar-refractivity contribution in [3.63, 3.8) is 0 Å². The van der Waals surface area contributed by atoms with E-state index in [0.717, 1.165) is 41.4 Å². The second-order valence-electron chi connectivity index (χ2n) is 5.22. The zero-order chi connectivity index (χ0) is 12.7. The van der Waals surface area contributed by atoms with Gasteiger partial charge in [0.2, 0.25) is 0 Å². The number of oxazole rings is 1. The van der Waals surface area contributed by atoms with Crippen molar-refractivity contribution in [3.8, 4) is 0 Å². The number of hydrogen-bond acceptors (Lipinski definition) is 3. The summed E-state index contributed by atoms with van der Waals surface area (Å²) in [5.41, 5.74) is 1.87. The average molecular weight is 252 g/mol. The van der Waals surface area contributed by atoms with Gasteiger partial charge in [-0.3, -0.25) is 0 Å². The van der Waals surface area contributed by atoms with E-state index in [4.69, 9.17) is 4.42 Å². The normalized spacial score (nSPS) is 15.4. The minimum atomic E-state index is 0.741. The van der Waals surface area contributed by atoms with Crippen LogP contribution in [0, 0.1) is 0 Å². The predicted molar refractivity (Wildman–Crippen MR) is 76.2 cm³/mol. The lowest BCUT2D eigenvalue weighted by atomic mass is 10.1. The number of hydrogen-bond donors (Lipinski definition) is 1. The summed E-state index contributed by atoms with van der Waals surface area (Å²) in [6.07, 6.45) is 3.50. The summed E-state index contributed by atoms with van der Waals surface area (Å²) in [6.45, 7) is 0.954. The number of fused-ring (bicyclic) bond motifs is 3. The third-order valence-corrected chi connectivity index (χ3v) is 3.67. The molecule has 0 atom stereocenters. The van der Waals surface area contributed by atoms with E-state index in [-0.39, 0.29) is 0 Å². The molecule has 1 saturated carbocycles. The van der Waals surface area contributed by atoms with E-state index in [9.17, 15) is 0 Å². The van der Waals surface area contributed by atoms with Crippen LogP contribution in [0.5, 0.6) is 0 Å². The minimum Gasteiger partial charge on any atom is -0.440 e. The van der Waals surface area contributed by atoms with Crippen LogP contribution in [0.4, 0.5) is 0 Å². The lowest BCUT2D eigenvalue weighted by Crippen LogP contribution is -2.19. The first-order valence-corrected chi connectivity index (χ1v) is 6.91. The Kier molecular flexibility index (Phi) is 2.52. The number of nitrogens with one attached hydrogen (secondary N) is 1. The first-order valence-electron chi connectivity index (χ1n) is 6.91. The van der Waals surface area contributed by atoms with Crippen LogP contribution < -0.4 is 5.32 Å². The Balaban J connectivity index is 1.67. The van der Waals surface area contributed by atoms with Gasteiger partial charge in [-0.25, -0.2) is 4.98 Å². The molecule has 3 heteroatoms. The maximum atomic E-state index is 5.93. The van der Waals surface area contributed by atoms with Crippen molar-refractivity contribution in [1.29, 1.82) is 0 Å². The number of aromatic nitrogens is 1. The standard InChI is InChI=1S/C16H16N2O/c1-2-4-13-11(3-1)5-8-14-16(13)19-15(18-14)9-10-17-12-6-7-12/h1-5,8,12,17H,6-7,9-10H2. The van der Waals surface area contributed by atoms with Gasteiger partial charge in [0.25, 0.3) is 0 Å². The van der Waals surface area contributed by atoms with Gasteiger partial charge in [0.05, 0.1) is 0 Å². The van der Waals surface area contributed by atoms with Crippen LogP contribution in [0.25, 0.3) is 21.9 Å². The zero-order valence-electron chi connectivity index (χ0n) is 10.7. The molecular weight excluding hydrogens is 236 g/mol. The highest BCUT2D eigenvalue weighted by atomic mass is 16.3. The van der Waals surface area contributed by atoms with E-state index in [1.807, 2.05) is 18.2 Å². The summed E-state index contributed by atoms with van der Waals surface area (Å²) < 4.78 is 5.93. The van der Waals surface area contributed by atoms with Crippen LogP contribution in [-0.2, 0) is 6.42 Å². The fourth-order valence-electron chi connectivity index (χ4n) is 2.48. The zero-order valence-corrected chi connectivity index (χ0v) is 10.7. The molecule has 1 fully saturated rings. The van der Waals surface area contributed by atoms with Crippen LogP contribution >= 0.6 is 0 Å². The topological polar surface area (TPSA) is 38.1 Å². The minimum absolute atomic E-state index is 0.741. The van der Waals surface area contributed by atoms with Gasteiger partial charge in [-0.05, 0) is 24.3 Å². The number of benzene rings is 2. The molecule has 3 aromatic rings. The number of rotatable bonds is 4. The molecule has 19 heavy (non-hydrogen) atoms. The summed E-state index contributed by atoms with van der Waals surface area (Å²) in [7, 11) is 0. The van der Waals surface area contributed by atoms with Crippen LogP contribution in [0.15, 0.2) is 40.8 Å². The SMILES string of the molecule is c1ccc2c(c1)ccc1nc(CCNC3CC3)oc12. The van der Waals surface area contributed by atoms with Gasteiger partial charge >= 0.3 is 0 Å². The van der Waals surface area contributed by atoms with Gasteiger partial charge in [0.15, 0.2) is 11.5 Å². The molecule has 0 radical (unpaired) electrons. The Morgan fingerprint density at radius 2 is 2.05 bits per heavy atom. The van der Waals surface area contributed by atoms with E-state index < -0.39 is 0 Å². The fourth-order valence-corrected chi connectivity index (χ4v) is 2.48. The van der Waals surface area contributed by atoms with E-state index in [2.05, 4.69) is 28.5 Å². The first-order chi connectivity index (χ1) is 9.40. The summed E-state index contributed by atoms with van der Waals surface area (Å²) >= 11 is 0. The van der Waals surface area contributed by atoms with Crippen molar-refractivity contribution >= 4 is 21.9 Å². The second-order valence-corrected chi connectivity index (χ2v) is 5.22. The van der Waals surface area contributed by atoms with Crippen molar-refractivity contribution in [2.75, 3.05) is 6.54 Å². The molecule has 0 saturated heterocycles. The quantitative estimate of drug-likeness (QED) is 0.774. The molecule has 4 rings (SSSR count). The maximum absolute atomic E-state index is 5.93. The van der Waals surface area contributed by atoms with Crippen molar-refractivity contribution in [1.82, 2.24) is 10.3 Å². The molecule has 0 unspecified atom stereocenters. The molecule has 1 heterocycles. The smallest absolute Gasteiger partial charge is 0.196 e. The molecule has 1 aliphatic rings. The van der Waals surface area contributed by atoms with Gasteiger partial charge in [0, 0.05) is 24.4 Å². The predicted octanol–water partition coefficient (Wildman–Crippen LogP) is 3.28. The Morgan fingerprint density at radius 3 is 2.95 bits per heavy atom. The monoisotopic (exact) mass is 252 g/mol. The highest BCUT2D eigenvalue weighted by Gasteiger charge is 2.20. The van der Waals surface area contributed by atoms with Gasteiger partial charge in [0.1, 0.15) is 5.52 Å². The molecule has 2 aromatic carbocycles. The summed E-state index contributed by atoms with van der Waals surface area (Å²) in [4.78, 5) is 4.57. The Hall–Kier alpha value is -1.87. The largest absolute Gasteiger partial charge is 0.440 e. The van der Waals surface area contributed by atoms with Crippen LogP contribution in [-0.4, -0.2) is 17.6 Å². The van der Waals surface area contributed by atoms with Crippen LogP contribution in [0.1, 0.15) is 18.7 Å². The maximum Gasteiger partial charge on any atom is 0.196 e. The van der Waals surface area contributed by atoms with Crippen LogP contribution in [0.2, 0.25) is 0 Å². The molecule has 0 bridgehead atoms. The van der Waals surface area contributed by atoms with Gasteiger partial charge in [-0.1, -0.05) is 30.3 Å². The highest BCUT2D eigenvalue weighted by Crippen LogP contribution is 2.26. The molecule has 1 N–H and O–H groups in total. The molecule has 96 valence electrons. The Morgan fingerprint density at radius 1 is 1.16 bits per heavy atom. The summed E-state index contributed by atoms with van der Waals surface area (Å²) in [6, 6.07) is 13.2. The molecule has 0 spiro atoms. The third-order valence-electron chi connectivity index (χ3n) is 3.67. The molecule has 3 nitrogen and oxygen atoms in total. The molecule has 0 amide bonds. The average Bonchev–Trinajstić information content (AvgIpc) is 3.16. The van der Waals surface area contributed by atoms with Crippen molar-refractivity contribution in [3.05, 3.63) is 42.3 Å². The Bertz CT molecular complexity index is 728. The van der Waals surface area contributed by atoms with Crippen molar-refractivity contribution < 1.29 is 4.42 Å². The summed E-state index contributed by atoms with van der Waals surface area (Å²) in [5, 5.41) is 5.84. The molecule has 1 aliphatic carbocycles. The van der Waals surface area contributed by atoms with E-state index in [1.54, 1.807) is 0 Å². The summed E-state index contributed by atoms with van der Waals surface area (Å²) in [5.74, 6) is 0.833. The van der Waals surface area contributed by atoms with E-state index in [0.29, 0.717) is 0 Å². The lowest BCUT2D eigenvalue weighted by molar-refractivity contribution is 0.516. The molecule has 1 aromatic heterocycles. The number of nitrogens with zero attached hydrogens (tertiary/aromatic N) is 1. The molecule has 0 aliphatic heterocycles. The first kappa shape index (κ1) is 11.0. The van der Waals surface area contributed by atoms with Gasteiger partial charge in [-0.15, -0.1) is 0 Å². The Labute approximate surface area is 111 Å². The highest BCUT2D eigenvalue weighted by molar-refractivity contribution is 6.02.